The third-order valence-electron chi connectivity index (χ3n) is 4.77. The van der Waals surface area contributed by atoms with Crippen molar-refractivity contribution in [1.29, 1.82) is 0 Å². The average Bonchev–Trinajstić information content (AvgIpc) is 3.22. The molecule has 0 bridgehead atoms. The third-order valence-corrected chi connectivity index (χ3v) is 4.77. The number of hydrogen-bond donors (Lipinski definition) is 2. The number of carbonyl (C=O) groups is 1. The highest BCUT2D eigenvalue weighted by Crippen LogP contribution is 2.28. The molecule has 148 valence electrons. The average molecular weight is 401 g/mol. The highest BCUT2D eigenvalue weighted by Gasteiger charge is 2.11. The molecule has 8 nitrogen and oxygen atoms in total. The van der Waals surface area contributed by atoms with Gasteiger partial charge in [-0.15, -0.1) is 0 Å². The van der Waals surface area contributed by atoms with Crippen LogP contribution in [0.5, 0.6) is 5.75 Å². The van der Waals surface area contributed by atoms with E-state index in [-0.39, 0.29) is 0 Å². The van der Waals surface area contributed by atoms with Gasteiger partial charge >= 0.3 is 11.7 Å². The Morgan fingerprint density at radius 2 is 1.70 bits per heavy atom. The minimum absolute atomic E-state index is 0.419. The van der Waals surface area contributed by atoms with Crippen LogP contribution in [0.4, 0.5) is 16.2 Å². The topological polar surface area (TPSA) is 107 Å². The number of urea groups is 1. The van der Waals surface area contributed by atoms with Crippen molar-refractivity contribution in [2.75, 3.05) is 17.7 Å². The summed E-state index contributed by atoms with van der Waals surface area (Å²) in [6, 6.07) is 14.9. The van der Waals surface area contributed by atoms with Crippen LogP contribution < -0.4 is 21.0 Å². The van der Waals surface area contributed by atoms with E-state index in [1.807, 2.05) is 0 Å². The van der Waals surface area contributed by atoms with Gasteiger partial charge in [-0.25, -0.2) is 14.6 Å². The predicted octanol–water partition coefficient (Wildman–Crippen LogP) is 4.74. The first-order valence-electron chi connectivity index (χ1n) is 9.06. The molecule has 2 amide bonds. The molecule has 2 heterocycles. The molecular formula is C22H15N3O5. The highest BCUT2D eigenvalue weighted by molar-refractivity contribution is 6.07. The standard InChI is InChI=1S/C22H15N3O5/c1-28-14-4-5-15-16(10-14)17-8-12(3-7-19(17)30-21(15)26)24-22(27)25-13-2-6-18-20(9-13)29-11-23-18/h2-11H,1H3,(H2,24,25,27). The number of nitrogens with zero attached hydrogens (tertiary/aromatic N) is 1. The molecule has 0 fully saturated rings. The van der Waals surface area contributed by atoms with E-state index in [4.69, 9.17) is 13.6 Å². The van der Waals surface area contributed by atoms with Crippen LogP contribution in [0.15, 0.2) is 74.6 Å². The van der Waals surface area contributed by atoms with E-state index < -0.39 is 11.7 Å². The van der Waals surface area contributed by atoms with Crippen molar-refractivity contribution in [2.24, 2.45) is 0 Å². The van der Waals surface area contributed by atoms with Crippen molar-refractivity contribution in [3.05, 3.63) is 71.4 Å². The zero-order valence-electron chi connectivity index (χ0n) is 15.8. The quantitative estimate of drug-likeness (QED) is 0.334. The second-order valence-corrected chi connectivity index (χ2v) is 6.63. The van der Waals surface area contributed by atoms with E-state index in [9.17, 15) is 9.59 Å². The lowest BCUT2D eigenvalue weighted by Gasteiger charge is -2.10. The van der Waals surface area contributed by atoms with Gasteiger partial charge in [0.25, 0.3) is 0 Å². The molecule has 0 aliphatic rings. The number of anilines is 2. The van der Waals surface area contributed by atoms with Crippen LogP contribution >= 0.6 is 0 Å². The highest BCUT2D eigenvalue weighted by atomic mass is 16.5. The molecule has 0 atom stereocenters. The van der Waals surface area contributed by atoms with Gasteiger partial charge in [-0.1, -0.05) is 0 Å². The normalized spacial score (nSPS) is 11.1. The molecule has 5 aromatic rings. The van der Waals surface area contributed by atoms with E-state index >= 15 is 0 Å². The first-order chi connectivity index (χ1) is 14.6. The number of methoxy groups -OCH3 is 1. The fourth-order valence-electron chi connectivity index (χ4n) is 3.34. The van der Waals surface area contributed by atoms with Gasteiger partial charge in [0.2, 0.25) is 0 Å². The molecule has 30 heavy (non-hydrogen) atoms. The molecule has 0 aliphatic carbocycles. The van der Waals surface area contributed by atoms with Gasteiger partial charge in [-0.2, -0.15) is 0 Å². The van der Waals surface area contributed by atoms with E-state index in [0.29, 0.717) is 50.0 Å². The number of aromatic nitrogens is 1. The summed E-state index contributed by atoms with van der Waals surface area (Å²) in [5, 5.41) is 7.34. The van der Waals surface area contributed by atoms with E-state index in [1.165, 1.54) is 6.39 Å². The number of nitrogens with one attached hydrogen (secondary N) is 2. The largest absolute Gasteiger partial charge is 0.497 e. The summed E-state index contributed by atoms with van der Waals surface area (Å²) in [6.45, 7) is 0. The molecule has 0 saturated heterocycles. The Kier molecular flexibility index (Phi) is 4.10. The van der Waals surface area contributed by atoms with E-state index in [1.54, 1.807) is 61.7 Å². The lowest BCUT2D eigenvalue weighted by atomic mass is 10.1. The van der Waals surface area contributed by atoms with Crippen molar-refractivity contribution in [3.8, 4) is 5.75 Å². The molecule has 3 aromatic carbocycles. The summed E-state index contributed by atoms with van der Waals surface area (Å²) < 4.78 is 15.9. The molecule has 5 rings (SSSR count). The lowest BCUT2D eigenvalue weighted by molar-refractivity contribution is 0.262. The van der Waals surface area contributed by atoms with Crippen molar-refractivity contribution >= 4 is 50.2 Å². The molecule has 8 heteroatoms. The van der Waals surface area contributed by atoms with E-state index in [0.717, 1.165) is 0 Å². The molecule has 0 spiro atoms. The monoisotopic (exact) mass is 401 g/mol. The van der Waals surface area contributed by atoms with Gasteiger partial charge in [0.05, 0.1) is 12.5 Å². The summed E-state index contributed by atoms with van der Waals surface area (Å²) in [5.74, 6) is 0.619. The number of oxazole rings is 1. The Balaban J connectivity index is 1.47. The summed E-state index contributed by atoms with van der Waals surface area (Å²) in [6.07, 6.45) is 1.35. The summed E-state index contributed by atoms with van der Waals surface area (Å²) in [5.41, 5.74) is 2.38. The van der Waals surface area contributed by atoms with Crippen molar-refractivity contribution in [3.63, 3.8) is 0 Å². The molecule has 2 aromatic heterocycles. The molecule has 0 saturated carbocycles. The van der Waals surface area contributed by atoms with Crippen LogP contribution in [-0.4, -0.2) is 18.1 Å². The molecule has 0 unspecified atom stereocenters. The molecule has 0 radical (unpaired) electrons. The first-order valence-corrected chi connectivity index (χ1v) is 9.06. The minimum atomic E-state index is -0.429. The molecular weight excluding hydrogens is 386 g/mol. The van der Waals surface area contributed by atoms with Crippen LogP contribution in [0.3, 0.4) is 0 Å². The maximum atomic E-state index is 12.4. The Hall–Kier alpha value is -4.33. The van der Waals surface area contributed by atoms with Gasteiger partial charge in [-0.05, 0) is 48.5 Å². The fraction of sp³-hybridized carbons (Fsp3) is 0.0455. The van der Waals surface area contributed by atoms with Gasteiger partial charge in [-0.3, -0.25) is 0 Å². The van der Waals surface area contributed by atoms with Gasteiger partial charge in [0.15, 0.2) is 12.0 Å². The molecule has 0 aliphatic heterocycles. The van der Waals surface area contributed by atoms with E-state index in [2.05, 4.69) is 15.6 Å². The number of hydrogen-bond acceptors (Lipinski definition) is 6. The summed E-state index contributed by atoms with van der Waals surface area (Å²) in [4.78, 5) is 28.7. The fourth-order valence-corrected chi connectivity index (χ4v) is 3.34. The van der Waals surface area contributed by atoms with Crippen LogP contribution in [-0.2, 0) is 0 Å². The van der Waals surface area contributed by atoms with Crippen LogP contribution in [0.25, 0.3) is 32.8 Å². The lowest BCUT2D eigenvalue weighted by Crippen LogP contribution is -2.19. The summed E-state index contributed by atoms with van der Waals surface area (Å²) in [7, 11) is 1.56. The zero-order chi connectivity index (χ0) is 20.7. The number of carbonyl (C=O) groups excluding carboxylic acids is 1. The van der Waals surface area contributed by atoms with Crippen molar-refractivity contribution in [2.45, 2.75) is 0 Å². The van der Waals surface area contributed by atoms with Gasteiger partial charge in [0, 0.05) is 28.2 Å². The molecule has 2 N–H and O–H groups in total. The maximum Gasteiger partial charge on any atom is 0.344 e. The Morgan fingerprint density at radius 3 is 2.53 bits per heavy atom. The van der Waals surface area contributed by atoms with Crippen LogP contribution in [0.2, 0.25) is 0 Å². The van der Waals surface area contributed by atoms with Crippen molar-refractivity contribution < 1.29 is 18.4 Å². The number of fused-ring (bicyclic) bond motifs is 4. The van der Waals surface area contributed by atoms with Gasteiger partial charge in [0.1, 0.15) is 16.8 Å². The second kappa shape index (κ2) is 6.93. The number of rotatable bonds is 3. The summed E-state index contributed by atoms with van der Waals surface area (Å²) >= 11 is 0. The number of amides is 2. The zero-order valence-corrected chi connectivity index (χ0v) is 15.8. The Morgan fingerprint density at radius 1 is 0.900 bits per heavy atom. The first kappa shape index (κ1) is 17.7. The Bertz CT molecular complexity index is 1490. The van der Waals surface area contributed by atoms with Crippen molar-refractivity contribution in [1.82, 2.24) is 4.98 Å². The number of ether oxygens (including phenoxy) is 1. The second-order valence-electron chi connectivity index (χ2n) is 6.63. The Labute approximate surface area is 169 Å². The predicted molar refractivity (Wildman–Crippen MR) is 113 cm³/mol. The minimum Gasteiger partial charge on any atom is -0.497 e. The smallest absolute Gasteiger partial charge is 0.344 e. The SMILES string of the molecule is COc1ccc2c(=O)oc3ccc(NC(=O)Nc4ccc5ncoc5c4)cc3c2c1. The maximum absolute atomic E-state index is 12.4. The van der Waals surface area contributed by atoms with Gasteiger partial charge < -0.3 is 24.2 Å². The number of benzene rings is 3. The third kappa shape index (κ3) is 3.10. The van der Waals surface area contributed by atoms with Crippen LogP contribution in [0.1, 0.15) is 0 Å². The van der Waals surface area contributed by atoms with Crippen LogP contribution in [0, 0.1) is 0 Å².